The zero-order valence-electron chi connectivity index (χ0n) is 21.4. The maximum Gasteiger partial charge on any atom is 0.0690 e. The van der Waals surface area contributed by atoms with Crippen molar-refractivity contribution in [1.82, 2.24) is 5.32 Å². The minimum absolute atomic E-state index is 0.151. The van der Waals surface area contributed by atoms with Gasteiger partial charge in [-0.1, -0.05) is 54.5 Å². The average molecular weight is 464 g/mol. The number of fused-ring (bicyclic) bond motifs is 5. The number of allylic oxidation sites excluding steroid dienone is 1. The number of benzene rings is 1. The molecule has 0 aromatic heterocycles. The van der Waals surface area contributed by atoms with E-state index >= 15 is 0 Å². The molecule has 3 saturated carbocycles. The molecule has 7 atom stereocenters. The lowest BCUT2D eigenvalue weighted by Gasteiger charge is -2.58. The molecule has 186 valence electrons. The summed E-state index contributed by atoms with van der Waals surface area (Å²) in [6, 6.07) is 8.83. The van der Waals surface area contributed by atoms with Gasteiger partial charge in [0.1, 0.15) is 0 Å². The highest BCUT2D eigenvalue weighted by Gasteiger charge is 2.61. The summed E-state index contributed by atoms with van der Waals surface area (Å²) in [5, 5.41) is 25.7. The van der Waals surface area contributed by atoms with E-state index in [0.29, 0.717) is 24.2 Å². The SMILES string of the molecule is C=CC[C@]1(O)C[C@H]2[C@@H]3CC=C4C[C@@H](O)CC[C@]4(C)[C@H]3CC[C@]2(CCNCc2ccc(C)cc2)C1. The number of aliphatic hydroxyl groups is 2. The van der Waals surface area contributed by atoms with Crippen molar-refractivity contribution in [2.24, 2.45) is 28.6 Å². The molecular weight excluding hydrogens is 418 g/mol. The Labute approximate surface area is 206 Å². The first-order chi connectivity index (χ1) is 16.3. The second-order valence-corrected chi connectivity index (χ2v) is 12.6. The van der Waals surface area contributed by atoms with Crippen molar-refractivity contribution in [1.29, 1.82) is 0 Å². The number of hydrogen-bond donors (Lipinski definition) is 3. The van der Waals surface area contributed by atoms with Gasteiger partial charge in [0.25, 0.3) is 0 Å². The van der Waals surface area contributed by atoms with Gasteiger partial charge in [-0.3, -0.25) is 0 Å². The molecule has 3 heteroatoms. The molecule has 3 N–H and O–H groups in total. The summed E-state index contributed by atoms with van der Waals surface area (Å²) in [4.78, 5) is 0. The lowest BCUT2D eigenvalue weighted by Crippen LogP contribution is -2.50. The zero-order chi connectivity index (χ0) is 24.0. The molecule has 4 aliphatic carbocycles. The van der Waals surface area contributed by atoms with E-state index in [1.165, 1.54) is 29.5 Å². The van der Waals surface area contributed by atoms with Crippen LogP contribution in [0.5, 0.6) is 0 Å². The van der Waals surface area contributed by atoms with E-state index in [1.54, 1.807) is 0 Å². The third kappa shape index (κ3) is 4.33. The van der Waals surface area contributed by atoms with Crippen LogP contribution in [-0.4, -0.2) is 28.5 Å². The molecule has 0 heterocycles. The first-order valence-corrected chi connectivity index (χ1v) is 13.7. The van der Waals surface area contributed by atoms with Gasteiger partial charge < -0.3 is 15.5 Å². The van der Waals surface area contributed by atoms with Crippen molar-refractivity contribution in [3.63, 3.8) is 0 Å². The molecule has 1 aromatic rings. The van der Waals surface area contributed by atoms with Crippen LogP contribution in [0.1, 0.15) is 82.3 Å². The molecule has 0 bridgehead atoms. The standard InChI is InChI=1S/C31H45NO2/c1-4-13-31(34)19-28-26-10-9-24-18-25(33)11-14-29(24,3)27(26)12-15-30(28,21-31)16-17-32-20-23-7-5-22(2)6-8-23/h4-9,25-28,32-34H,1,10-21H2,2-3H3/t25-,26+,27-,28-,29-,30-,31-/m0/s1. The summed E-state index contributed by atoms with van der Waals surface area (Å²) in [5.74, 6) is 1.94. The highest BCUT2D eigenvalue weighted by atomic mass is 16.3. The monoisotopic (exact) mass is 463 g/mol. The van der Waals surface area contributed by atoms with Crippen LogP contribution in [0.25, 0.3) is 0 Å². The Morgan fingerprint density at radius 1 is 1.15 bits per heavy atom. The van der Waals surface area contributed by atoms with Crippen LogP contribution in [-0.2, 0) is 6.54 Å². The van der Waals surface area contributed by atoms with Gasteiger partial charge in [0.05, 0.1) is 11.7 Å². The summed E-state index contributed by atoms with van der Waals surface area (Å²) in [6.07, 6.45) is 14.6. The molecule has 5 rings (SSSR count). The minimum Gasteiger partial charge on any atom is -0.393 e. The third-order valence-electron chi connectivity index (χ3n) is 10.5. The highest BCUT2D eigenvalue weighted by Crippen LogP contribution is 2.67. The van der Waals surface area contributed by atoms with Crippen molar-refractivity contribution >= 4 is 0 Å². The van der Waals surface area contributed by atoms with Crippen molar-refractivity contribution in [3.8, 4) is 0 Å². The Morgan fingerprint density at radius 3 is 2.71 bits per heavy atom. The maximum absolute atomic E-state index is 11.6. The molecule has 4 aliphatic rings. The molecular formula is C31H45NO2. The Kier molecular flexibility index (Phi) is 6.59. The summed E-state index contributed by atoms with van der Waals surface area (Å²) < 4.78 is 0. The number of hydrogen-bond acceptors (Lipinski definition) is 3. The molecule has 0 radical (unpaired) electrons. The lowest BCUT2D eigenvalue weighted by atomic mass is 9.47. The van der Waals surface area contributed by atoms with E-state index in [2.05, 4.69) is 56.1 Å². The summed E-state index contributed by atoms with van der Waals surface area (Å²) in [6.45, 7) is 10.5. The number of aryl methyl sites for hydroxylation is 1. The van der Waals surface area contributed by atoms with Gasteiger partial charge in [-0.15, -0.1) is 6.58 Å². The fourth-order valence-corrected chi connectivity index (χ4v) is 8.75. The van der Waals surface area contributed by atoms with Crippen LogP contribution in [0.15, 0.2) is 48.6 Å². The van der Waals surface area contributed by atoms with Crippen molar-refractivity contribution in [2.45, 2.75) is 96.3 Å². The third-order valence-corrected chi connectivity index (χ3v) is 10.5. The lowest BCUT2D eigenvalue weighted by molar-refractivity contribution is -0.0461. The highest BCUT2D eigenvalue weighted by molar-refractivity contribution is 5.26. The number of rotatable bonds is 7. The topological polar surface area (TPSA) is 52.5 Å². The van der Waals surface area contributed by atoms with Crippen molar-refractivity contribution in [2.75, 3.05) is 6.54 Å². The first-order valence-electron chi connectivity index (χ1n) is 13.7. The Balaban J connectivity index is 1.33. The molecule has 0 unspecified atom stereocenters. The molecule has 1 aromatic carbocycles. The second kappa shape index (κ2) is 9.22. The largest absolute Gasteiger partial charge is 0.393 e. The van der Waals surface area contributed by atoms with Gasteiger partial charge in [-0.05, 0) is 112 Å². The van der Waals surface area contributed by atoms with Crippen LogP contribution in [0.2, 0.25) is 0 Å². The van der Waals surface area contributed by atoms with Gasteiger partial charge in [0.15, 0.2) is 0 Å². The van der Waals surface area contributed by atoms with Crippen LogP contribution in [0.4, 0.5) is 0 Å². The molecule has 0 saturated heterocycles. The Morgan fingerprint density at radius 2 is 1.94 bits per heavy atom. The van der Waals surface area contributed by atoms with Crippen LogP contribution >= 0.6 is 0 Å². The van der Waals surface area contributed by atoms with E-state index in [1.807, 2.05) is 6.08 Å². The fourth-order valence-electron chi connectivity index (χ4n) is 8.75. The van der Waals surface area contributed by atoms with E-state index < -0.39 is 5.60 Å². The van der Waals surface area contributed by atoms with Crippen molar-refractivity contribution in [3.05, 3.63) is 59.7 Å². The molecule has 3 fully saturated rings. The molecule has 3 nitrogen and oxygen atoms in total. The van der Waals surface area contributed by atoms with Crippen LogP contribution in [0, 0.1) is 35.5 Å². The maximum atomic E-state index is 11.6. The summed E-state index contributed by atoms with van der Waals surface area (Å²) >= 11 is 0. The van der Waals surface area contributed by atoms with Gasteiger partial charge in [0, 0.05) is 6.54 Å². The van der Waals surface area contributed by atoms with E-state index in [4.69, 9.17) is 0 Å². The fraction of sp³-hybridized carbons (Fsp3) is 0.677. The Hall–Kier alpha value is -1.42. The second-order valence-electron chi connectivity index (χ2n) is 12.6. The smallest absolute Gasteiger partial charge is 0.0690 e. The zero-order valence-corrected chi connectivity index (χ0v) is 21.4. The Bertz CT molecular complexity index is 922. The van der Waals surface area contributed by atoms with Gasteiger partial charge in [0.2, 0.25) is 0 Å². The predicted molar refractivity (Wildman–Crippen MR) is 139 cm³/mol. The van der Waals surface area contributed by atoms with Crippen LogP contribution < -0.4 is 5.32 Å². The van der Waals surface area contributed by atoms with Crippen molar-refractivity contribution < 1.29 is 10.2 Å². The molecule has 0 aliphatic heterocycles. The quantitative estimate of drug-likeness (QED) is 0.339. The minimum atomic E-state index is -0.591. The van der Waals surface area contributed by atoms with Gasteiger partial charge in [-0.2, -0.15) is 0 Å². The van der Waals surface area contributed by atoms with Crippen LogP contribution in [0.3, 0.4) is 0 Å². The summed E-state index contributed by atoms with van der Waals surface area (Å²) in [5.41, 5.74) is 4.06. The van der Waals surface area contributed by atoms with Gasteiger partial charge in [-0.25, -0.2) is 0 Å². The number of aliphatic hydroxyl groups excluding tert-OH is 1. The first kappa shape index (κ1) is 24.3. The molecule has 0 spiro atoms. The number of nitrogens with one attached hydrogen (secondary N) is 1. The van der Waals surface area contributed by atoms with E-state index in [0.717, 1.165) is 58.0 Å². The summed E-state index contributed by atoms with van der Waals surface area (Å²) in [7, 11) is 0. The normalized spacial score (nSPS) is 41.2. The average Bonchev–Trinajstić information content (AvgIpc) is 3.11. The molecule has 0 amide bonds. The predicted octanol–water partition coefficient (Wildman–Crippen LogP) is 6.09. The molecule has 34 heavy (non-hydrogen) atoms. The van der Waals surface area contributed by atoms with E-state index in [9.17, 15) is 10.2 Å². The van der Waals surface area contributed by atoms with Gasteiger partial charge >= 0.3 is 0 Å². The van der Waals surface area contributed by atoms with E-state index in [-0.39, 0.29) is 16.9 Å².